The van der Waals surface area contributed by atoms with Gasteiger partial charge in [0.05, 0.1) is 0 Å². The first-order chi connectivity index (χ1) is 7.72. The molecule has 1 rings (SSSR count). The van der Waals surface area contributed by atoms with Crippen LogP contribution in [0.5, 0.6) is 5.75 Å². The zero-order valence-corrected chi connectivity index (χ0v) is 9.45. The zero-order chi connectivity index (χ0) is 11.8. The van der Waals surface area contributed by atoms with Crippen molar-refractivity contribution in [2.45, 2.75) is 19.4 Å². The van der Waals surface area contributed by atoms with Crippen molar-refractivity contribution < 1.29 is 14.2 Å². The quantitative estimate of drug-likeness (QED) is 0.695. The van der Waals surface area contributed by atoms with Gasteiger partial charge in [-0.1, -0.05) is 13.0 Å². The molecule has 90 valence electrons. The highest BCUT2D eigenvalue weighted by atomic mass is 19.1. The number of rotatable bonds is 7. The average molecular weight is 227 g/mol. The maximum absolute atomic E-state index is 12.8. The lowest BCUT2D eigenvalue weighted by Crippen LogP contribution is -2.31. The number of aliphatic hydroxyl groups excluding tert-OH is 1. The van der Waals surface area contributed by atoms with E-state index in [2.05, 4.69) is 12.2 Å². The van der Waals surface area contributed by atoms with Gasteiger partial charge in [-0.15, -0.1) is 0 Å². The van der Waals surface area contributed by atoms with Crippen molar-refractivity contribution in [2.75, 3.05) is 19.7 Å². The average Bonchev–Trinajstić information content (AvgIpc) is 2.27. The molecule has 1 unspecified atom stereocenters. The summed E-state index contributed by atoms with van der Waals surface area (Å²) in [7, 11) is 0. The van der Waals surface area contributed by atoms with E-state index in [1.54, 1.807) is 12.1 Å². The molecule has 0 spiro atoms. The van der Waals surface area contributed by atoms with Gasteiger partial charge in [-0.25, -0.2) is 4.39 Å². The summed E-state index contributed by atoms with van der Waals surface area (Å²) in [5.41, 5.74) is 0. The number of nitrogens with one attached hydrogen (secondary N) is 1. The molecule has 0 saturated heterocycles. The van der Waals surface area contributed by atoms with Gasteiger partial charge in [0.25, 0.3) is 0 Å². The molecule has 1 atom stereocenters. The van der Waals surface area contributed by atoms with Gasteiger partial charge in [-0.3, -0.25) is 0 Å². The fourth-order valence-corrected chi connectivity index (χ4v) is 1.25. The van der Waals surface area contributed by atoms with Crippen LogP contribution in [0.2, 0.25) is 0 Å². The largest absolute Gasteiger partial charge is 0.491 e. The van der Waals surface area contributed by atoms with Gasteiger partial charge in [0, 0.05) is 12.6 Å². The Morgan fingerprint density at radius 3 is 3.00 bits per heavy atom. The molecule has 0 fully saturated rings. The summed E-state index contributed by atoms with van der Waals surface area (Å²) >= 11 is 0. The molecule has 2 N–H and O–H groups in total. The maximum atomic E-state index is 12.8. The molecular formula is C12H18FNO2. The van der Waals surface area contributed by atoms with Crippen molar-refractivity contribution in [1.29, 1.82) is 0 Å². The van der Waals surface area contributed by atoms with Crippen LogP contribution in [-0.4, -0.2) is 30.9 Å². The molecule has 16 heavy (non-hydrogen) atoms. The molecule has 0 radical (unpaired) electrons. The van der Waals surface area contributed by atoms with Crippen molar-refractivity contribution in [3.8, 4) is 5.75 Å². The van der Waals surface area contributed by atoms with Gasteiger partial charge in [-0.2, -0.15) is 0 Å². The Kier molecular flexibility index (Phi) is 5.82. The Morgan fingerprint density at radius 1 is 1.50 bits per heavy atom. The van der Waals surface area contributed by atoms with Gasteiger partial charge < -0.3 is 15.2 Å². The summed E-state index contributed by atoms with van der Waals surface area (Å²) < 4.78 is 18.0. The maximum Gasteiger partial charge on any atom is 0.126 e. The van der Waals surface area contributed by atoms with E-state index >= 15 is 0 Å². The third-order valence-electron chi connectivity index (χ3n) is 2.05. The summed E-state index contributed by atoms with van der Waals surface area (Å²) in [6.45, 7) is 3.59. The van der Waals surface area contributed by atoms with E-state index < -0.39 is 6.10 Å². The van der Waals surface area contributed by atoms with E-state index in [0.717, 1.165) is 13.0 Å². The van der Waals surface area contributed by atoms with E-state index in [0.29, 0.717) is 12.3 Å². The molecule has 1 aromatic carbocycles. The molecule has 0 aliphatic heterocycles. The first-order valence-corrected chi connectivity index (χ1v) is 5.49. The third kappa shape index (κ3) is 5.09. The monoisotopic (exact) mass is 227 g/mol. The normalized spacial score (nSPS) is 12.4. The van der Waals surface area contributed by atoms with Crippen LogP contribution in [0.25, 0.3) is 0 Å². The summed E-state index contributed by atoms with van der Waals surface area (Å²) in [5, 5.41) is 12.6. The minimum atomic E-state index is -0.574. The molecule has 0 bridgehead atoms. The highest BCUT2D eigenvalue weighted by Gasteiger charge is 2.04. The van der Waals surface area contributed by atoms with Crippen LogP contribution < -0.4 is 10.1 Å². The van der Waals surface area contributed by atoms with Crippen LogP contribution in [0, 0.1) is 5.82 Å². The van der Waals surface area contributed by atoms with Gasteiger partial charge in [0.15, 0.2) is 0 Å². The van der Waals surface area contributed by atoms with E-state index in [-0.39, 0.29) is 12.4 Å². The number of hydrogen-bond acceptors (Lipinski definition) is 3. The van der Waals surface area contributed by atoms with E-state index in [1.807, 2.05) is 0 Å². The first-order valence-electron chi connectivity index (χ1n) is 5.49. The third-order valence-corrected chi connectivity index (χ3v) is 2.05. The Morgan fingerprint density at radius 2 is 2.31 bits per heavy atom. The second-order valence-electron chi connectivity index (χ2n) is 3.63. The predicted molar refractivity (Wildman–Crippen MR) is 61.1 cm³/mol. The molecule has 4 heteroatoms. The highest BCUT2D eigenvalue weighted by molar-refractivity contribution is 5.22. The second-order valence-corrected chi connectivity index (χ2v) is 3.63. The SMILES string of the molecule is CCCNCC(O)COc1cccc(F)c1. The number of benzene rings is 1. The van der Waals surface area contributed by atoms with Crippen molar-refractivity contribution in [1.82, 2.24) is 5.32 Å². The molecule has 1 aromatic rings. The fraction of sp³-hybridized carbons (Fsp3) is 0.500. The van der Waals surface area contributed by atoms with Crippen LogP contribution in [0.3, 0.4) is 0 Å². The summed E-state index contributed by atoms with van der Waals surface area (Å²) in [6.07, 6.45) is 0.451. The molecule has 0 aliphatic rings. The van der Waals surface area contributed by atoms with E-state index in [9.17, 15) is 9.50 Å². The van der Waals surface area contributed by atoms with Crippen molar-refractivity contribution in [2.24, 2.45) is 0 Å². The van der Waals surface area contributed by atoms with Gasteiger partial charge >= 0.3 is 0 Å². The zero-order valence-electron chi connectivity index (χ0n) is 9.45. The van der Waals surface area contributed by atoms with Crippen LogP contribution in [0.15, 0.2) is 24.3 Å². The number of hydrogen-bond donors (Lipinski definition) is 2. The molecule has 0 amide bonds. The van der Waals surface area contributed by atoms with E-state index in [4.69, 9.17) is 4.74 Å². The minimum Gasteiger partial charge on any atom is -0.491 e. The van der Waals surface area contributed by atoms with Crippen LogP contribution in [0.4, 0.5) is 4.39 Å². The van der Waals surface area contributed by atoms with Crippen molar-refractivity contribution >= 4 is 0 Å². The number of halogens is 1. The lowest BCUT2D eigenvalue weighted by Gasteiger charge is -2.12. The Labute approximate surface area is 95.2 Å². The summed E-state index contributed by atoms with van der Waals surface area (Å²) in [4.78, 5) is 0. The predicted octanol–water partition coefficient (Wildman–Crippen LogP) is 1.56. The number of ether oxygens (including phenoxy) is 1. The molecule has 0 aromatic heterocycles. The standard InChI is InChI=1S/C12H18FNO2/c1-2-6-14-8-11(15)9-16-12-5-3-4-10(13)7-12/h3-5,7,11,14-15H,2,6,8-9H2,1H3. The second kappa shape index (κ2) is 7.19. The van der Waals surface area contributed by atoms with Gasteiger partial charge in [0.2, 0.25) is 0 Å². The van der Waals surface area contributed by atoms with Crippen LogP contribution in [-0.2, 0) is 0 Å². The highest BCUT2D eigenvalue weighted by Crippen LogP contribution is 2.11. The van der Waals surface area contributed by atoms with Crippen molar-refractivity contribution in [3.05, 3.63) is 30.1 Å². The molecule has 0 saturated carbocycles. The lowest BCUT2D eigenvalue weighted by molar-refractivity contribution is 0.106. The Bertz CT molecular complexity index is 307. The first kappa shape index (κ1) is 12.9. The smallest absolute Gasteiger partial charge is 0.126 e. The van der Waals surface area contributed by atoms with Crippen molar-refractivity contribution in [3.63, 3.8) is 0 Å². The topological polar surface area (TPSA) is 41.5 Å². The number of aliphatic hydroxyl groups is 1. The van der Waals surface area contributed by atoms with Crippen LogP contribution in [0.1, 0.15) is 13.3 Å². The summed E-state index contributed by atoms with van der Waals surface area (Å²) in [6, 6.07) is 5.89. The Hall–Kier alpha value is -1.13. The molecular weight excluding hydrogens is 209 g/mol. The summed E-state index contributed by atoms with van der Waals surface area (Å²) in [5.74, 6) is 0.102. The molecule has 0 aliphatic carbocycles. The molecule has 3 nitrogen and oxygen atoms in total. The van der Waals surface area contributed by atoms with Crippen LogP contribution >= 0.6 is 0 Å². The molecule has 0 heterocycles. The Balaban J connectivity index is 2.23. The fourth-order valence-electron chi connectivity index (χ4n) is 1.25. The van der Waals surface area contributed by atoms with E-state index in [1.165, 1.54) is 12.1 Å². The van der Waals surface area contributed by atoms with Gasteiger partial charge in [-0.05, 0) is 25.1 Å². The lowest BCUT2D eigenvalue weighted by atomic mass is 10.3. The minimum absolute atomic E-state index is 0.167. The van der Waals surface area contributed by atoms with Gasteiger partial charge in [0.1, 0.15) is 24.3 Å².